The van der Waals surface area contributed by atoms with Gasteiger partial charge in [-0.1, -0.05) is 24.3 Å². The summed E-state index contributed by atoms with van der Waals surface area (Å²) in [7, 11) is -2.19. The van der Waals surface area contributed by atoms with E-state index in [0.29, 0.717) is 22.5 Å². The fraction of sp³-hybridized carbons (Fsp3) is 0.167. The van der Waals surface area contributed by atoms with Gasteiger partial charge in [-0.25, -0.2) is 13.2 Å². The van der Waals surface area contributed by atoms with Crippen molar-refractivity contribution in [3.63, 3.8) is 0 Å². The molecule has 0 aliphatic heterocycles. The summed E-state index contributed by atoms with van der Waals surface area (Å²) in [5.74, 6) is -0.770. The molecule has 0 atom stereocenters. The average molecular weight is 453 g/mol. The van der Waals surface area contributed by atoms with Crippen molar-refractivity contribution in [3.05, 3.63) is 95.1 Å². The molecule has 0 aromatic heterocycles. The highest BCUT2D eigenvalue weighted by atomic mass is 32.2. The largest absolute Gasteiger partial charge is 0.465 e. The predicted octanol–water partition coefficient (Wildman–Crippen LogP) is 4.00. The number of amides is 1. The zero-order chi connectivity index (χ0) is 23.3. The fourth-order valence-corrected chi connectivity index (χ4v) is 4.00. The molecule has 0 saturated heterocycles. The van der Waals surface area contributed by atoms with E-state index < -0.39 is 16.0 Å². The molecule has 0 aliphatic rings. The van der Waals surface area contributed by atoms with Gasteiger partial charge in [-0.05, 0) is 66.6 Å². The lowest BCUT2D eigenvalue weighted by Crippen LogP contribution is -2.29. The van der Waals surface area contributed by atoms with Gasteiger partial charge in [0.15, 0.2) is 0 Å². The van der Waals surface area contributed by atoms with Crippen LogP contribution in [0.3, 0.4) is 0 Å². The molecule has 0 fully saturated rings. The first-order chi connectivity index (χ1) is 15.2. The van der Waals surface area contributed by atoms with E-state index in [2.05, 4.69) is 10.1 Å². The molecule has 0 spiro atoms. The van der Waals surface area contributed by atoms with E-state index in [0.717, 1.165) is 11.1 Å². The number of hydrogen-bond acceptors (Lipinski definition) is 5. The normalized spacial score (nSPS) is 11.0. The van der Waals surface area contributed by atoms with Gasteiger partial charge in [0.1, 0.15) is 0 Å². The van der Waals surface area contributed by atoms with Crippen molar-refractivity contribution < 1.29 is 22.7 Å². The molecule has 0 radical (unpaired) electrons. The van der Waals surface area contributed by atoms with Crippen LogP contribution in [0.4, 0.5) is 11.4 Å². The van der Waals surface area contributed by atoms with Crippen molar-refractivity contribution in [1.82, 2.24) is 0 Å². The molecule has 7 nitrogen and oxygen atoms in total. The smallest absolute Gasteiger partial charge is 0.337 e. The van der Waals surface area contributed by atoms with Crippen LogP contribution < -0.4 is 9.62 Å². The second-order valence-corrected chi connectivity index (χ2v) is 9.24. The van der Waals surface area contributed by atoms with Crippen molar-refractivity contribution >= 4 is 33.3 Å². The van der Waals surface area contributed by atoms with Crippen LogP contribution in [0, 0.1) is 6.92 Å². The van der Waals surface area contributed by atoms with Crippen molar-refractivity contribution in [2.45, 2.75) is 13.5 Å². The topological polar surface area (TPSA) is 92.8 Å². The summed E-state index contributed by atoms with van der Waals surface area (Å²) < 4.78 is 30.7. The van der Waals surface area contributed by atoms with Crippen LogP contribution in [0.2, 0.25) is 0 Å². The third-order valence-corrected chi connectivity index (χ3v) is 5.94. The number of nitrogens with zero attached hydrogens (tertiary/aromatic N) is 1. The first kappa shape index (κ1) is 23.0. The minimum atomic E-state index is -3.49. The SMILES string of the molecule is COC(=O)c1ccc(NC(=O)c2ccc(CN(c3cccc(C)c3)S(C)(=O)=O)cc2)cc1. The van der Waals surface area contributed by atoms with Gasteiger partial charge in [0.25, 0.3) is 5.91 Å². The number of methoxy groups -OCH3 is 1. The lowest BCUT2D eigenvalue weighted by molar-refractivity contribution is 0.0600. The second-order valence-electron chi connectivity index (χ2n) is 7.33. The Kier molecular flexibility index (Phi) is 6.95. The van der Waals surface area contributed by atoms with Gasteiger partial charge in [0, 0.05) is 11.3 Å². The molecule has 0 heterocycles. The van der Waals surface area contributed by atoms with Gasteiger partial charge in [-0.15, -0.1) is 0 Å². The van der Waals surface area contributed by atoms with Crippen LogP contribution >= 0.6 is 0 Å². The molecule has 166 valence electrons. The Morgan fingerprint density at radius 3 is 2.12 bits per heavy atom. The Hall–Kier alpha value is -3.65. The Labute approximate surface area is 187 Å². The zero-order valence-corrected chi connectivity index (χ0v) is 18.8. The lowest BCUT2D eigenvalue weighted by Gasteiger charge is -2.23. The molecular weight excluding hydrogens is 428 g/mol. The quantitative estimate of drug-likeness (QED) is 0.547. The number of aryl methyl sites for hydroxylation is 1. The number of sulfonamides is 1. The van der Waals surface area contributed by atoms with Gasteiger partial charge in [0.05, 0.1) is 31.2 Å². The summed E-state index contributed by atoms with van der Waals surface area (Å²) in [6.45, 7) is 2.06. The summed E-state index contributed by atoms with van der Waals surface area (Å²) >= 11 is 0. The molecule has 3 rings (SSSR count). The molecular formula is C24H24N2O5S. The Bertz CT molecular complexity index is 1220. The number of hydrogen-bond donors (Lipinski definition) is 1. The molecule has 1 amide bonds. The third kappa shape index (κ3) is 5.73. The Balaban J connectivity index is 1.72. The standard InChI is InChI=1S/C24H24N2O5S/c1-17-5-4-6-22(15-17)26(32(3,29)30)16-18-7-9-19(10-8-18)23(27)25-21-13-11-20(12-14-21)24(28)31-2/h4-15H,16H2,1-3H3,(H,25,27). The minimum Gasteiger partial charge on any atom is -0.465 e. The van der Waals surface area contributed by atoms with Crippen LogP contribution in [0.15, 0.2) is 72.8 Å². The Morgan fingerprint density at radius 1 is 0.938 bits per heavy atom. The van der Waals surface area contributed by atoms with Crippen LogP contribution in [-0.2, 0) is 21.3 Å². The second kappa shape index (κ2) is 9.65. The summed E-state index contributed by atoms with van der Waals surface area (Å²) in [6.07, 6.45) is 1.17. The number of ether oxygens (including phenoxy) is 1. The van der Waals surface area contributed by atoms with E-state index in [-0.39, 0.29) is 12.5 Å². The highest BCUT2D eigenvalue weighted by Gasteiger charge is 2.18. The van der Waals surface area contributed by atoms with E-state index in [9.17, 15) is 18.0 Å². The van der Waals surface area contributed by atoms with E-state index in [1.165, 1.54) is 17.7 Å². The molecule has 32 heavy (non-hydrogen) atoms. The summed E-state index contributed by atoms with van der Waals surface area (Å²) in [6, 6.07) is 20.4. The number of esters is 1. The molecule has 3 aromatic carbocycles. The number of anilines is 2. The number of benzene rings is 3. The van der Waals surface area contributed by atoms with Crippen molar-refractivity contribution in [2.75, 3.05) is 23.0 Å². The summed E-state index contributed by atoms with van der Waals surface area (Å²) in [5.41, 5.74) is 3.64. The van der Waals surface area contributed by atoms with Crippen LogP contribution in [-0.4, -0.2) is 33.7 Å². The van der Waals surface area contributed by atoms with Crippen LogP contribution in [0.5, 0.6) is 0 Å². The van der Waals surface area contributed by atoms with Gasteiger partial charge in [0.2, 0.25) is 10.0 Å². The van der Waals surface area contributed by atoms with E-state index in [4.69, 9.17) is 0 Å². The first-order valence-corrected chi connectivity index (χ1v) is 11.7. The van der Waals surface area contributed by atoms with E-state index >= 15 is 0 Å². The van der Waals surface area contributed by atoms with Gasteiger partial charge >= 0.3 is 5.97 Å². The monoisotopic (exact) mass is 452 g/mol. The van der Waals surface area contributed by atoms with Gasteiger partial charge in [-0.3, -0.25) is 9.10 Å². The first-order valence-electron chi connectivity index (χ1n) is 9.80. The van der Waals surface area contributed by atoms with Gasteiger partial charge in [-0.2, -0.15) is 0 Å². The van der Waals surface area contributed by atoms with Crippen LogP contribution in [0.1, 0.15) is 31.8 Å². The third-order valence-electron chi connectivity index (χ3n) is 4.80. The van der Waals surface area contributed by atoms with Crippen LogP contribution in [0.25, 0.3) is 0 Å². The van der Waals surface area contributed by atoms with E-state index in [1.807, 2.05) is 25.1 Å². The molecule has 0 unspecified atom stereocenters. The highest BCUT2D eigenvalue weighted by Crippen LogP contribution is 2.22. The zero-order valence-electron chi connectivity index (χ0n) is 18.0. The molecule has 3 aromatic rings. The molecule has 8 heteroatoms. The summed E-state index contributed by atoms with van der Waals surface area (Å²) in [4.78, 5) is 24.0. The number of carbonyl (C=O) groups excluding carboxylic acids is 2. The average Bonchev–Trinajstić information content (AvgIpc) is 2.77. The molecule has 1 N–H and O–H groups in total. The van der Waals surface area contributed by atoms with Crippen molar-refractivity contribution in [3.8, 4) is 0 Å². The Morgan fingerprint density at radius 2 is 1.56 bits per heavy atom. The summed E-state index contributed by atoms with van der Waals surface area (Å²) in [5, 5.41) is 2.76. The van der Waals surface area contributed by atoms with Crippen molar-refractivity contribution in [1.29, 1.82) is 0 Å². The molecule has 0 aliphatic carbocycles. The molecule has 0 saturated carbocycles. The fourth-order valence-electron chi connectivity index (χ4n) is 3.12. The number of carbonyl (C=O) groups is 2. The van der Waals surface area contributed by atoms with E-state index in [1.54, 1.807) is 54.6 Å². The van der Waals surface area contributed by atoms with Crippen molar-refractivity contribution in [2.24, 2.45) is 0 Å². The van der Waals surface area contributed by atoms with Gasteiger partial charge < -0.3 is 10.1 Å². The number of rotatable bonds is 7. The molecule has 0 bridgehead atoms. The highest BCUT2D eigenvalue weighted by molar-refractivity contribution is 7.92. The minimum absolute atomic E-state index is 0.152. The predicted molar refractivity (Wildman–Crippen MR) is 124 cm³/mol. The maximum atomic E-state index is 12.5. The maximum absolute atomic E-state index is 12.5. The maximum Gasteiger partial charge on any atom is 0.337 e. The lowest BCUT2D eigenvalue weighted by atomic mass is 10.1. The number of nitrogens with one attached hydrogen (secondary N) is 1.